The van der Waals surface area contributed by atoms with Crippen LogP contribution in [0.25, 0.3) is 11.1 Å². The molecule has 0 radical (unpaired) electrons. The summed E-state index contributed by atoms with van der Waals surface area (Å²) in [6.07, 6.45) is 0. The first kappa shape index (κ1) is 25.1. The number of nitrogens with two attached hydrogens (primary N) is 1. The fraction of sp³-hybridized carbons (Fsp3) is 0.381. The number of alkyl halides is 2. The van der Waals surface area contributed by atoms with Crippen molar-refractivity contribution in [2.45, 2.75) is 24.8 Å². The largest absolute Gasteiger partial charge is 0.336 e. The van der Waals surface area contributed by atoms with E-state index < -0.39 is 23.2 Å². The number of benzene rings is 2. The van der Waals surface area contributed by atoms with E-state index >= 15 is 0 Å². The van der Waals surface area contributed by atoms with Crippen LogP contribution < -0.4 is 11.1 Å². The zero-order valence-electron chi connectivity index (χ0n) is 16.7. The van der Waals surface area contributed by atoms with Crippen molar-refractivity contribution in [3.8, 4) is 11.1 Å². The number of nitrogens with one attached hydrogen (secondary N) is 1. The lowest BCUT2D eigenvalue weighted by Gasteiger charge is -2.46. The van der Waals surface area contributed by atoms with Crippen LogP contribution >= 0.6 is 12.6 Å². The highest BCUT2D eigenvalue weighted by molar-refractivity contribution is 7.80. The third kappa shape index (κ3) is 7.19. The van der Waals surface area contributed by atoms with E-state index in [0.29, 0.717) is 18.5 Å². The molecule has 2 aliphatic heterocycles. The molecule has 2 saturated heterocycles. The van der Waals surface area contributed by atoms with Gasteiger partial charge < -0.3 is 16.0 Å². The lowest BCUT2D eigenvalue weighted by atomic mass is 9.90. The number of rotatable bonds is 3. The normalized spacial score (nSPS) is 21.3. The van der Waals surface area contributed by atoms with Crippen molar-refractivity contribution in [3.63, 3.8) is 0 Å². The zero-order valence-corrected chi connectivity index (χ0v) is 17.6. The SMILES string of the molecule is C[C@@H]1CN(C(=O)[C@@H]2CN2)[C@@H]1CN.FC(F)S.Fc1cccc(-c2c(F)cccc2F)c1. The van der Waals surface area contributed by atoms with Crippen LogP contribution in [0.1, 0.15) is 6.92 Å². The van der Waals surface area contributed by atoms with E-state index in [1.165, 1.54) is 24.3 Å². The van der Waals surface area contributed by atoms with Crippen LogP contribution in [0.15, 0.2) is 42.5 Å². The molecule has 2 aromatic carbocycles. The number of likely N-dealkylation sites (tertiary alicyclic amines) is 1. The minimum atomic E-state index is -2.47. The van der Waals surface area contributed by atoms with Crippen molar-refractivity contribution in [2.75, 3.05) is 19.6 Å². The molecule has 170 valence electrons. The summed E-state index contributed by atoms with van der Waals surface area (Å²) in [6, 6.07) is 9.15. The van der Waals surface area contributed by atoms with Gasteiger partial charge in [-0.3, -0.25) is 4.79 Å². The minimum Gasteiger partial charge on any atom is -0.336 e. The standard InChI is InChI=1S/C12H7F3.C8H15N3O.CH2F2S/c13-9-4-1-3-8(7-9)12-10(14)5-2-6-11(12)15;1-5-4-11(7(5)2-9)8(12)6-3-10-6;2-1(3)4/h1-7H;5-7,10H,2-4,9H2,1H3;1,4H/t;5-,6+,7-;/m.1./s1. The third-order valence-corrected chi connectivity index (χ3v) is 4.85. The summed E-state index contributed by atoms with van der Waals surface area (Å²) in [7, 11) is 0. The molecule has 0 bridgehead atoms. The van der Waals surface area contributed by atoms with Crippen molar-refractivity contribution < 1.29 is 26.7 Å². The molecule has 2 aliphatic rings. The Balaban J connectivity index is 0.000000192. The first-order valence-corrected chi connectivity index (χ1v) is 10.1. The first-order chi connectivity index (χ1) is 14.6. The van der Waals surface area contributed by atoms with E-state index in [0.717, 1.165) is 31.3 Å². The van der Waals surface area contributed by atoms with Crippen LogP contribution in [0.5, 0.6) is 0 Å². The van der Waals surface area contributed by atoms with E-state index in [-0.39, 0.29) is 23.1 Å². The molecule has 0 saturated carbocycles. The topological polar surface area (TPSA) is 68.3 Å². The van der Waals surface area contributed by atoms with Gasteiger partial charge in [-0.05, 0) is 35.7 Å². The predicted octanol–water partition coefficient (Wildman–Crippen LogP) is 3.67. The Morgan fingerprint density at radius 2 is 1.74 bits per heavy atom. The molecule has 31 heavy (non-hydrogen) atoms. The van der Waals surface area contributed by atoms with E-state index in [9.17, 15) is 26.7 Å². The Morgan fingerprint density at radius 1 is 1.19 bits per heavy atom. The van der Waals surface area contributed by atoms with Crippen molar-refractivity contribution >= 4 is 18.5 Å². The van der Waals surface area contributed by atoms with Crippen LogP contribution in [0.4, 0.5) is 22.0 Å². The van der Waals surface area contributed by atoms with Gasteiger partial charge in [0.25, 0.3) is 5.76 Å². The van der Waals surface area contributed by atoms with Crippen LogP contribution in [-0.4, -0.2) is 48.3 Å². The number of carbonyl (C=O) groups excluding carboxylic acids is 1. The summed E-state index contributed by atoms with van der Waals surface area (Å²) >= 11 is 2.63. The highest BCUT2D eigenvalue weighted by Gasteiger charge is 2.43. The van der Waals surface area contributed by atoms with Crippen LogP contribution in [0.2, 0.25) is 0 Å². The summed E-state index contributed by atoms with van der Waals surface area (Å²) in [5.41, 5.74) is 5.56. The monoisotopic (exact) mass is 461 g/mol. The molecular weight excluding hydrogens is 437 g/mol. The third-order valence-electron chi connectivity index (χ3n) is 4.85. The first-order valence-electron chi connectivity index (χ1n) is 9.55. The molecule has 0 aromatic heterocycles. The quantitative estimate of drug-likeness (QED) is 0.371. The highest BCUT2D eigenvalue weighted by atomic mass is 32.1. The maximum Gasteiger partial charge on any atom is 0.281 e. The molecule has 2 aromatic rings. The molecule has 0 unspecified atom stereocenters. The van der Waals surface area contributed by atoms with E-state index in [1.807, 2.05) is 4.90 Å². The van der Waals surface area contributed by atoms with Crippen LogP contribution in [0, 0.1) is 23.4 Å². The molecule has 0 spiro atoms. The lowest BCUT2D eigenvalue weighted by Crippen LogP contribution is -2.61. The number of hydrogen-bond donors (Lipinski definition) is 3. The molecule has 0 aliphatic carbocycles. The second kappa shape index (κ2) is 11.4. The van der Waals surface area contributed by atoms with Gasteiger partial charge in [0.15, 0.2) is 0 Å². The van der Waals surface area contributed by atoms with Gasteiger partial charge in [0.2, 0.25) is 5.91 Å². The van der Waals surface area contributed by atoms with E-state index in [2.05, 4.69) is 24.9 Å². The molecule has 2 fully saturated rings. The average Bonchev–Trinajstić information content (AvgIpc) is 3.51. The van der Waals surface area contributed by atoms with E-state index in [4.69, 9.17) is 5.73 Å². The summed E-state index contributed by atoms with van der Waals surface area (Å²) in [5, 5.41) is 3.01. The Kier molecular flexibility index (Phi) is 9.27. The van der Waals surface area contributed by atoms with Crippen molar-refractivity contribution in [1.29, 1.82) is 0 Å². The second-order valence-electron chi connectivity index (χ2n) is 7.12. The number of carbonyl (C=O) groups is 1. The van der Waals surface area contributed by atoms with Gasteiger partial charge in [-0.15, -0.1) is 12.6 Å². The smallest absolute Gasteiger partial charge is 0.281 e. The summed E-state index contributed by atoms with van der Waals surface area (Å²) in [5.74, 6) is -3.56. The molecule has 1 amide bonds. The number of nitrogens with zero attached hydrogens (tertiary/aromatic N) is 1. The molecule has 3 N–H and O–H groups in total. The Hall–Kier alpha value is -2.17. The number of halogens is 5. The zero-order chi connectivity index (χ0) is 23.1. The molecule has 10 heteroatoms. The summed E-state index contributed by atoms with van der Waals surface area (Å²) < 4.78 is 59.9. The minimum absolute atomic E-state index is 0.103. The van der Waals surface area contributed by atoms with Crippen molar-refractivity contribution in [3.05, 3.63) is 59.9 Å². The van der Waals surface area contributed by atoms with Gasteiger partial charge in [-0.1, -0.05) is 25.1 Å². The Morgan fingerprint density at radius 3 is 2.19 bits per heavy atom. The van der Waals surface area contributed by atoms with Gasteiger partial charge >= 0.3 is 0 Å². The molecule has 2 heterocycles. The highest BCUT2D eigenvalue weighted by Crippen LogP contribution is 2.26. The average molecular weight is 462 g/mol. The van der Waals surface area contributed by atoms with Crippen LogP contribution in [-0.2, 0) is 4.79 Å². The summed E-state index contributed by atoms with van der Waals surface area (Å²) in [6.45, 7) is 4.47. The van der Waals surface area contributed by atoms with Gasteiger partial charge in [0.05, 0.1) is 11.6 Å². The molecule has 4 rings (SSSR count). The van der Waals surface area contributed by atoms with Crippen molar-refractivity contribution in [2.24, 2.45) is 11.7 Å². The number of amides is 1. The Labute approximate surface area is 183 Å². The molecular formula is C21H24F5N3OS. The fourth-order valence-electron chi connectivity index (χ4n) is 3.20. The maximum absolute atomic E-state index is 13.3. The molecule has 4 nitrogen and oxygen atoms in total. The fourth-order valence-corrected chi connectivity index (χ4v) is 3.20. The predicted molar refractivity (Wildman–Crippen MR) is 112 cm³/mol. The van der Waals surface area contributed by atoms with E-state index in [1.54, 1.807) is 0 Å². The van der Waals surface area contributed by atoms with Gasteiger partial charge in [0.1, 0.15) is 17.5 Å². The Bertz CT molecular complexity index is 859. The van der Waals surface area contributed by atoms with Gasteiger partial charge in [0, 0.05) is 25.7 Å². The number of hydrogen-bond acceptors (Lipinski definition) is 4. The maximum atomic E-state index is 13.3. The summed E-state index contributed by atoms with van der Waals surface area (Å²) in [4.78, 5) is 13.4. The number of thiol groups is 1. The second-order valence-corrected chi connectivity index (χ2v) is 7.51. The van der Waals surface area contributed by atoms with Gasteiger partial charge in [-0.2, -0.15) is 8.78 Å². The van der Waals surface area contributed by atoms with Gasteiger partial charge in [-0.25, -0.2) is 13.2 Å². The van der Waals surface area contributed by atoms with Crippen LogP contribution in [0.3, 0.4) is 0 Å². The lowest BCUT2D eigenvalue weighted by molar-refractivity contribution is -0.141. The van der Waals surface area contributed by atoms with Crippen molar-refractivity contribution in [1.82, 2.24) is 10.2 Å². The molecule has 3 atom stereocenters.